The number of amides is 1. The molecule has 0 aromatic carbocycles. The van der Waals surface area contributed by atoms with E-state index in [1.807, 2.05) is 4.90 Å². The first-order valence-electron chi connectivity index (χ1n) is 12.0. The third-order valence-corrected chi connectivity index (χ3v) is 8.21. The standard InChI is InChI=1S/C24H32F3N3O2/c25-24(26,27)18-12-16-15-30(9-5-21(16)28-14-18)22(31)23(17-2-1-3-17)8-4-20(13-23)29-19-6-10-32-11-7-19/h12,14,17,19-20,29H,1-11,13,15H2/t20-,23+/m1/s1. The van der Waals surface area contributed by atoms with Crippen molar-refractivity contribution in [3.63, 3.8) is 0 Å². The van der Waals surface area contributed by atoms with Crippen molar-refractivity contribution in [1.29, 1.82) is 0 Å². The number of hydrogen-bond donors (Lipinski definition) is 1. The predicted octanol–water partition coefficient (Wildman–Crippen LogP) is 4.09. The summed E-state index contributed by atoms with van der Waals surface area (Å²) < 4.78 is 45.0. The summed E-state index contributed by atoms with van der Waals surface area (Å²) >= 11 is 0. The fourth-order valence-electron chi connectivity index (χ4n) is 6.19. The SMILES string of the molecule is O=C(N1CCc2ncc(C(F)(F)F)cc2C1)[C@@]1(C2CCC2)CC[C@@H](NC2CCOCC2)C1. The Morgan fingerprint density at radius 1 is 1.16 bits per heavy atom. The Kier molecular flexibility index (Phi) is 5.95. The molecule has 1 N–H and O–H groups in total. The largest absolute Gasteiger partial charge is 0.417 e. The average molecular weight is 452 g/mol. The van der Waals surface area contributed by atoms with Crippen LogP contribution < -0.4 is 5.32 Å². The number of ether oxygens (including phenoxy) is 1. The Morgan fingerprint density at radius 2 is 1.94 bits per heavy atom. The second kappa shape index (κ2) is 8.60. The number of nitrogens with zero attached hydrogens (tertiary/aromatic N) is 2. The van der Waals surface area contributed by atoms with Crippen molar-refractivity contribution in [3.8, 4) is 0 Å². The van der Waals surface area contributed by atoms with Gasteiger partial charge in [0.05, 0.1) is 11.0 Å². The molecule has 4 aliphatic rings. The molecule has 0 bridgehead atoms. The van der Waals surface area contributed by atoms with Gasteiger partial charge in [-0.05, 0) is 62.5 Å². The molecule has 3 fully saturated rings. The zero-order valence-corrected chi connectivity index (χ0v) is 18.4. The van der Waals surface area contributed by atoms with Crippen molar-refractivity contribution < 1.29 is 22.7 Å². The van der Waals surface area contributed by atoms with Gasteiger partial charge in [0.1, 0.15) is 0 Å². The molecule has 1 amide bonds. The summed E-state index contributed by atoms with van der Waals surface area (Å²) in [5.74, 6) is 0.555. The highest BCUT2D eigenvalue weighted by Crippen LogP contribution is 2.53. The Balaban J connectivity index is 1.32. The first-order chi connectivity index (χ1) is 15.3. The van der Waals surface area contributed by atoms with E-state index in [2.05, 4.69) is 10.3 Å². The summed E-state index contributed by atoms with van der Waals surface area (Å²) in [6.07, 6.45) is 5.08. The van der Waals surface area contributed by atoms with E-state index in [-0.39, 0.29) is 17.9 Å². The Bertz CT molecular complexity index is 851. The lowest BCUT2D eigenvalue weighted by atomic mass is 9.63. The van der Waals surface area contributed by atoms with E-state index >= 15 is 0 Å². The number of nitrogens with one attached hydrogen (secondary N) is 1. The lowest BCUT2D eigenvalue weighted by molar-refractivity contribution is -0.149. The van der Waals surface area contributed by atoms with Crippen molar-refractivity contribution in [2.45, 2.75) is 82.6 Å². The number of hydrogen-bond acceptors (Lipinski definition) is 4. The average Bonchev–Trinajstić information content (AvgIpc) is 3.15. The fraction of sp³-hybridized carbons (Fsp3) is 0.750. The number of aromatic nitrogens is 1. The highest BCUT2D eigenvalue weighted by Gasteiger charge is 2.54. The summed E-state index contributed by atoms with van der Waals surface area (Å²) in [7, 11) is 0. The van der Waals surface area contributed by atoms with Gasteiger partial charge in [0.2, 0.25) is 5.91 Å². The van der Waals surface area contributed by atoms with Gasteiger partial charge < -0.3 is 15.0 Å². The molecule has 0 unspecified atom stereocenters. The van der Waals surface area contributed by atoms with Gasteiger partial charge in [-0.1, -0.05) is 6.42 Å². The van der Waals surface area contributed by atoms with E-state index in [1.54, 1.807) is 0 Å². The van der Waals surface area contributed by atoms with E-state index < -0.39 is 11.7 Å². The first-order valence-corrected chi connectivity index (χ1v) is 12.0. The molecule has 5 rings (SSSR count). The minimum atomic E-state index is -4.42. The lowest BCUT2D eigenvalue weighted by Gasteiger charge is -2.45. The van der Waals surface area contributed by atoms with Crippen LogP contribution in [0.2, 0.25) is 0 Å². The number of alkyl halides is 3. The van der Waals surface area contributed by atoms with Gasteiger partial charge in [0, 0.05) is 56.7 Å². The lowest BCUT2D eigenvalue weighted by Crippen LogP contribution is -2.51. The van der Waals surface area contributed by atoms with Crippen LogP contribution >= 0.6 is 0 Å². The first kappa shape index (κ1) is 22.1. The van der Waals surface area contributed by atoms with Crippen LogP contribution in [0.1, 0.15) is 68.2 Å². The molecule has 0 radical (unpaired) electrons. The monoisotopic (exact) mass is 451 g/mol. The van der Waals surface area contributed by atoms with Crippen LogP contribution in [0.5, 0.6) is 0 Å². The highest BCUT2D eigenvalue weighted by molar-refractivity contribution is 5.84. The van der Waals surface area contributed by atoms with E-state index in [9.17, 15) is 18.0 Å². The molecule has 5 nitrogen and oxygen atoms in total. The van der Waals surface area contributed by atoms with Gasteiger partial charge in [0.25, 0.3) is 0 Å². The van der Waals surface area contributed by atoms with E-state index in [1.165, 1.54) is 12.5 Å². The molecule has 2 atom stereocenters. The molecule has 1 saturated heterocycles. The van der Waals surface area contributed by atoms with Crippen LogP contribution in [0.4, 0.5) is 13.2 Å². The fourth-order valence-corrected chi connectivity index (χ4v) is 6.19. The minimum Gasteiger partial charge on any atom is -0.381 e. The maximum Gasteiger partial charge on any atom is 0.417 e. The molecule has 1 aromatic rings. The van der Waals surface area contributed by atoms with Gasteiger partial charge in [-0.3, -0.25) is 9.78 Å². The van der Waals surface area contributed by atoms with E-state index in [0.717, 1.165) is 64.4 Å². The van der Waals surface area contributed by atoms with Crippen molar-refractivity contribution in [2.75, 3.05) is 19.8 Å². The second-order valence-electron chi connectivity index (χ2n) is 10.1. The quantitative estimate of drug-likeness (QED) is 0.749. The van der Waals surface area contributed by atoms with Gasteiger partial charge >= 0.3 is 6.18 Å². The molecular weight excluding hydrogens is 419 g/mol. The molecule has 2 aliphatic heterocycles. The smallest absolute Gasteiger partial charge is 0.381 e. The summed E-state index contributed by atoms with van der Waals surface area (Å²) in [4.78, 5) is 19.8. The molecule has 2 aliphatic carbocycles. The molecule has 2 saturated carbocycles. The minimum absolute atomic E-state index is 0.154. The van der Waals surface area contributed by atoms with Gasteiger partial charge in [-0.2, -0.15) is 13.2 Å². The second-order valence-corrected chi connectivity index (χ2v) is 10.1. The molecular formula is C24H32F3N3O2. The Morgan fingerprint density at radius 3 is 2.62 bits per heavy atom. The Hall–Kier alpha value is -1.67. The highest BCUT2D eigenvalue weighted by atomic mass is 19.4. The predicted molar refractivity (Wildman–Crippen MR) is 113 cm³/mol. The summed E-state index contributed by atoms with van der Waals surface area (Å²) in [5.41, 5.74) is 0.123. The topological polar surface area (TPSA) is 54.5 Å². The van der Waals surface area contributed by atoms with Crippen LogP contribution in [0, 0.1) is 11.3 Å². The molecule has 8 heteroatoms. The summed E-state index contributed by atoms with van der Waals surface area (Å²) in [6.45, 7) is 2.35. The summed E-state index contributed by atoms with van der Waals surface area (Å²) in [6, 6.07) is 1.97. The third kappa shape index (κ3) is 4.16. The van der Waals surface area contributed by atoms with E-state index in [0.29, 0.717) is 42.2 Å². The van der Waals surface area contributed by atoms with Gasteiger partial charge in [-0.15, -0.1) is 0 Å². The summed E-state index contributed by atoms with van der Waals surface area (Å²) in [5, 5.41) is 3.79. The molecule has 0 spiro atoms. The normalized spacial score (nSPS) is 29.6. The van der Waals surface area contributed by atoms with Crippen LogP contribution in [0.15, 0.2) is 12.3 Å². The maximum atomic E-state index is 13.9. The third-order valence-electron chi connectivity index (χ3n) is 8.21. The van der Waals surface area contributed by atoms with Crippen molar-refractivity contribution >= 4 is 5.91 Å². The molecule has 176 valence electrons. The van der Waals surface area contributed by atoms with E-state index in [4.69, 9.17) is 4.74 Å². The van der Waals surface area contributed by atoms with Crippen LogP contribution in [0.25, 0.3) is 0 Å². The van der Waals surface area contributed by atoms with Gasteiger partial charge in [0.15, 0.2) is 0 Å². The maximum absolute atomic E-state index is 13.9. The number of carbonyl (C=O) groups excluding carboxylic acids is 1. The van der Waals surface area contributed by atoms with Crippen LogP contribution in [-0.4, -0.2) is 47.6 Å². The zero-order valence-electron chi connectivity index (χ0n) is 18.4. The molecule has 1 aromatic heterocycles. The molecule has 32 heavy (non-hydrogen) atoms. The number of halogens is 3. The van der Waals surface area contributed by atoms with Crippen molar-refractivity contribution in [1.82, 2.24) is 15.2 Å². The Labute approximate surface area is 187 Å². The number of pyridine rings is 1. The van der Waals surface area contributed by atoms with Gasteiger partial charge in [-0.25, -0.2) is 0 Å². The molecule has 3 heterocycles. The number of carbonyl (C=O) groups is 1. The number of rotatable bonds is 4. The van der Waals surface area contributed by atoms with Crippen molar-refractivity contribution in [3.05, 3.63) is 29.1 Å². The van der Waals surface area contributed by atoms with Crippen molar-refractivity contribution in [2.24, 2.45) is 11.3 Å². The van der Waals surface area contributed by atoms with Crippen LogP contribution in [-0.2, 0) is 28.7 Å². The number of fused-ring (bicyclic) bond motifs is 1. The zero-order chi connectivity index (χ0) is 22.3. The van der Waals surface area contributed by atoms with Crippen LogP contribution in [0.3, 0.4) is 0 Å².